The summed E-state index contributed by atoms with van der Waals surface area (Å²) < 4.78 is 1.95. The fraction of sp³-hybridized carbons (Fsp3) is 0.286. The van der Waals surface area contributed by atoms with Crippen LogP contribution in [-0.4, -0.2) is 31.6 Å². The van der Waals surface area contributed by atoms with Crippen LogP contribution < -0.4 is 5.32 Å². The lowest BCUT2D eigenvalue weighted by Crippen LogP contribution is -2.04. The third kappa shape index (κ3) is 2.56. The molecule has 21 heavy (non-hydrogen) atoms. The first-order valence-electron chi connectivity index (χ1n) is 6.71. The standard InChI is InChI=1S/C14H16N6S/c1-9(2)11-12(15-3)16-8-17-13(11)21-14-19-18-10-6-4-5-7-20(10)14/h4-9H,1-3H3,(H,15,16,17). The molecular weight excluding hydrogens is 284 g/mol. The van der Waals surface area contributed by atoms with Crippen LogP contribution in [0.2, 0.25) is 0 Å². The summed E-state index contributed by atoms with van der Waals surface area (Å²) in [6.07, 6.45) is 3.52. The van der Waals surface area contributed by atoms with Crippen molar-refractivity contribution >= 4 is 23.2 Å². The van der Waals surface area contributed by atoms with Gasteiger partial charge in [-0.3, -0.25) is 4.40 Å². The fourth-order valence-corrected chi connectivity index (χ4v) is 3.21. The molecule has 0 aliphatic heterocycles. The van der Waals surface area contributed by atoms with Crippen molar-refractivity contribution in [1.82, 2.24) is 24.6 Å². The molecule has 0 saturated carbocycles. The third-order valence-corrected chi connectivity index (χ3v) is 4.11. The molecule has 7 heteroatoms. The molecule has 0 aliphatic carbocycles. The first-order chi connectivity index (χ1) is 10.2. The molecule has 0 spiro atoms. The summed E-state index contributed by atoms with van der Waals surface area (Å²) in [7, 11) is 1.87. The van der Waals surface area contributed by atoms with Crippen molar-refractivity contribution in [2.45, 2.75) is 29.9 Å². The number of nitrogens with one attached hydrogen (secondary N) is 1. The van der Waals surface area contributed by atoms with Gasteiger partial charge in [0.15, 0.2) is 5.65 Å². The zero-order valence-corrected chi connectivity index (χ0v) is 12.9. The van der Waals surface area contributed by atoms with E-state index in [-0.39, 0.29) is 0 Å². The van der Waals surface area contributed by atoms with Crippen LogP contribution in [0.4, 0.5) is 5.82 Å². The second-order valence-corrected chi connectivity index (χ2v) is 5.82. The van der Waals surface area contributed by atoms with Crippen LogP contribution in [0.5, 0.6) is 0 Å². The van der Waals surface area contributed by atoms with Crippen molar-refractivity contribution in [3.05, 3.63) is 36.3 Å². The summed E-state index contributed by atoms with van der Waals surface area (Å²) in [4.78, 5) is 8.71. The highest BCUT2D eigenvalue weighted by Crippen LogP contribution is 2.34. The third-order valence-electron chi connectivity index (χ3n) is 3.13. The number of hydrogen-bond donors (Lipinski definition) is 1. The molecule has 0 fully saturated rings. The van der Waals surface area contributed by atoms with Gasteiger partial charge in [0.2, 0.25) is 5.16 Å². The van der Waals surface area contributed by atoms with Gasteiger partial charge in [0, 0.05) is 18.8 Å². The summed E-state index contributed by atoms with van der Waals surface area (Å²) >= 11 is 1.51. The van der Waals surface area contributed by atoms with Crippen LogP contribution in [0.3, 0.4) is 0 Å². The lowest BCUT2D eigenvalue weighted by molar-refractivity contribution is 0.802. The second kappa shape index (κ2) is 5.69. The van der Waals surface area contributed by atoms with E-state index in [9.17, 15) is 0 Å². The lowest BCUT2D eigenvalue weighted by Gasteiger charge is -2.14. The Morgan fingerprint density at radius 1 is 1.19 bits per heavy atom. The van der Waals surface area contributed by atoms with E-state index in [1.165, 1.54) is 11.8 Å². The van der Waals surface area contributed by atoms with E-state index < -0.39 is 0 Å². The number of hydrogen-bond acceptors (Lipinski definition) is 6. The van der Waals surface area contributed by atoms with Gasteiger partial charge in [-0.05, 0) is 29.8 Å². The maximum absolute atomic E-state index is 4.42. The zero-order chi connectivity index (χ0) is 14.8. The number of nitrogens with zero attached hydrogens (tertiary/aromatic N) is 5. The predicted octanol–water partition coefficient (Wildman–Crippen LogP) is 2.84. The average molecular weight is 300 g/mol. The van der Waals surface area contributed by atoms with Gasteiger partial charge in [0.25, 0.3) is 0 Å². The molecule has 3 aromatic heterocycles. The highest BCUT2D eigenvalue weighted by atomic mass is 32.2. The van der Waals surface area contributed by atoms with Crippen molar-refractivity contribution < 1.29 is 0 Å². The van der Waals surface area contributed by atoms with E-state index >= 15 is 0 Å². The molecule has 0 amide bonds. The maximum Gasteiger partial charge on any atom is 0.201 e. The van der Waals surface area contributed by atoms with Gasteiger partial charge in [-0.2, -0.15) is 0 Å². The number of rotatable bonds is 4. The predicted molar refractivity (Wildman–Crippen MR) is 82.8 cm³/mol. The minimum atomic E-state index is 0.315. The molecular formula is C14H16N6S. The van der Waals surface area contributed by atoms with Crippen LogP contribution in [0.25, 0.3) is 5.65 Å². The topological polar surface area (TPSA) is 68.0 Å². The van der Waals surface area contributed by atoms with Crippen molar-refractivity contribution in [2.75, 3.05) is 12.4 Å². The van der Waals surface area contributed by atoms with Gasteiger partial charge < -0.3 is 5.32 Å². The summed E-state index contributed by atoms with van der Waals surface area (Å²) in [6, 6.07) is 5.84. The van der Waals surface area contributed by atoms with Crippen LogP contribution >= 0.6 is 11.8 Å². The molecule has 0 atom stereocenters. The molecule has 1 N–H and O–H groups in total. The lowest BCUT2D eigenvalue weighted by atomic mass is 10.1. The van der Waals surface area contributed by atoms with E-state index in [2.05, 4.69) is 39.3 Å². The summed E-state index contributed by atoms with van der Waals surface area (Å²) in [5.41, 5.74) is 1.92. The Bertz CT molecular complexity index is 767. The van der Waals surface area contributed by atoms with Crippen LogP contribution in [0, 0.1) is 0 Å². The van der Waals surface area contributed by atoms with E-state index in [1.54, 1.807) is 6.33 Å². The number of fused-ring (bicyclic) bond motifs is 1. The highest BCUT2D eigenvalue weighted by Gasteiger charge is 2.17. The quantitative estimate of drug-likeness (QED) is 0.747. The number of pyridine rings is 1. The normalized spacial score (nSPS) is 11.2. The smallest absolute Gasteiger partial charge is 0.201 e. The van der Waals surface area contributed by atoms with Gasteiger partial charge >= 0.3 is 0 Å². The van der Waals surface area contributed by atoms with Crippen molar-refractivity contribution in [2.24, 2.45) is 0 Å². The summed E-state index contributed by atoms with van der Waals surface area (Å²) in [5, 5.41) is 13.2. The van der Waals surface area contributed by atoms with Crippen molar-refractivity contribution in [3.8, 4) is 0 Å². The molecule has 6 nitrogen and oxygen atoms in total. The average Bonchev–Trinajstić information content (AvgIpc) is 2.90. The van der Waals surface area contributed by atoms with E-state index in [4.69, 9.17) is 0 Å². The van der Waals surface area contributed by atoms with E-state index in [0.717, 1.165) is 27.2 Å². The van der Waals surface area contributed by atoms with Gasteiger partial charge in [0.1, 0.15) is 17.2 Å². The Morgan fingerprint density at radius 2 is 2.05 bits per heavy atom. The molecule has 0 aliphatic rings. The SMILES string of the molecule is CNc1ncnc(Sc2nnc3ccccn23)c1C(C)C. The molecule has 0 aromatic carbocycles. The molecule has 0 bridgehead atoms. The minimum Gasteiger partial charge on any atom is -0.373 e. The van der Waals surface area contributed by atoms with Gasteiger partial charge in [-0.15, -0.1) is 10.2 Å². The Balaban J connectivity index is 2.05. The van der Waals surface area contributed by atoms with Crippen LogP contribution in [0.1, 0.15) is 25.3 Å². The maximum atomic E-state index is 4.42. The minimum absolute atomic E-state index is 0.315. The molecule has 0 radical (unpaired) electrons. The fourth-order valence-electron chi connectivity index (χ4n) is 2.16. The van der Waals surface area contributed by atoms with E-state index in [1.807, 2.05) is 35.8 Å². The van der Waals surface area contributed by atoms with Gasteiger partial charge in [-0.25, -0.2) is 9.97 Å². The van der Waals surface area contributed by atoms with Crippen molar-refractivity contribution in [1.29, 1.82) is 0 Å². The van der Waals surface area contributed by atoms with Gasteiger partial charge in [0.05, 0.1) is 0 Å². The first-order valence-corrected chi connectivity index (χ1v) is 7.52. The Kier molecular flexibility index (Phi) is 3.74. The molecule has 3 heterocycles. The van der Waals surface area contributed by atoms with E-state index in [0.29, 0.717) is 5.92 Å². The summed E-state index contributed by atoms with van der Waals surface area (Å²) in [6.45, 7) is 4.26. The second-order valence-electron chi connectivity index (χ2n) is 4.86. The van der Waals surface area contributed by atoms with Crippen LogP contribution in [0.15, 0.2) is 40.9 Å². The summed E-state index contributed by atoms with van der Waals surface area (Å²) in [5.74, 6) is 1.17. The van der Waals surface area contributed by atoms with Crippen LogP contribution in [-0.2, 0) is 0 Å². The largest absolute Gasteiger partial charge is 0.373 e. The van der Waals surface area contributed by atoms with Crippen molar-refractivity contribution in [3.63, 3.8) is 0 Å². The Hall–Kier alpha value is -2.15. The molecule has 0 unspecified atom stereocenters. The number of aromatic nitrogens is 5. The highest BCUT2D eigenvalue weighted by molar-refractivity contribution is 7.99. The van der Waals surface area contributed by atoms with Gasteiger partial charge in [-0.1, -0.05) is 19.9 Å². The monoisotopic (exact) mass is 300 g/mol. The Morgan fingerprint density at radius 3 is 2.81 bits per heavy atom. The zero-order valence-electron chi connectivity index (χ0n) is 12.1. The molecule has 108 valence electrons. The molecule has 3 aromatic rings. The molecule has 0 saturated heterocycles. The molecule has 3 rings (SSSR count). The first kappa shape index (κ1) is 13.8. The number of anilines is 1. The Labute approximate surface area is 127 Å².